The van der Waals surface area contributed by atoms with E-state index in [1.165, 1.54) is 0 Å². The van der Waals surface area contributed by atoms with Crippen molar-refractivity contribution in [3.05, 3.63) is 10.4 Å². The van der Waals surface area contributed by atoms with E-state index in [2.05, 4.69) is 15.0 Å². The maximum absolute atomic E-state index is 7.98. The first-order chi connectivity index (χ1) is 3.41. The molecule has 0 heterocycles. The van der Waals surface area contributed by atoms with Crippen LogP contribution in [0.25, 0.3) is 10.4 Å². The third-order valence-corrected chi connectivity index (χ3v) is 0.277. The summed E-state index contributed by atoms with van der Waals surface area (Å²) in [5, 5.41) is 10.7. The monoisotopic (exact) mass is 103 g/mol. The van der Waals surface area contributed by atoms with Gasteiger partial charge in [0.25, 0.3) is 0 Å². The molecule has 0 aliphatic heterocycles. The lowest BCUT2D eigenvalue weighted by Crippen LogP contribution is -1.90. The molecule has 0 atom stereocenters. The lowest BCUT2D eigenvalue weighted by molar-refractivity contribution is 0.0944. The zero-order valence-corrected chi connectivity index (χ0v) is 3.61. The minimum atomic E-state index is -0.126. The van der Waals surface area contributed by atoms with E-state index in [-0.39, 0.29) is 13.2 Å². The minimum Gasteiger partial charge on any atom is -0.431 e. The molecule has 1 N–H and O–H groups in total. The standard InChI is InChI=1S/C2H5N3O2/c3-4-5-7-2-1-6/h6H,1-2H2. The van der Waals surface area contributed by atoms with Crippen molar-refractivity contribution in [2.75, 3.05) is 13.2 Å². The molecule has 0 amide bonds. The van der Waals surface area contributed by atoms with Crippen molar-refractivity contribution in [1.82, 2.24) is 0 Å². The molecule has 5 heteroatoms. The van der Waals surface area contributed by atoms with Crippen molar-refractivity contribution in [2.45, 2.75) is 0 Å². The summed E-state index contributed by atoms with van der Waals surface area (Å²) in [6.45, 7) is -0.0664. The fourth-order valence-electron chi connectivity index (χ4n) is 0.107. The summed E-state index contributed by atoms with van der Waals surface area (Å²) in [6.07, 6.45) is 0. The number of hydrogen-bond donors (Lipinski definition) is 1. The second kappa shape index (κ2) is 5.07. The molecular formula is C2H5N3O2. The number of aliphatic hydroxyl groups excluding tert-OH is 1. The predicted molar refractivity (Wildman–Crippen MR) is 22.2 cm³/mol. The zero-order valence-electron chi connectivity index (χ0n) is 3.61. The van der Waals surface area contributed by atoms with Gasteiger partial charge in [-0.05, 0) is 5.53 Å². The lowest BCUT2D eigenvalue weighted by atomic mass is 10.8. The molecule has 40 valence electrons. The van der Waals surface area contributed by atoms with Crippen LogP contribution in [0.15, 0.2) is 5.28 Å². The van der Waals surface area contributed by atoms with Gasteiger partial charge in [-0.25, -0.2) is 0 Å². The van der Waals surface area contributed by atoms with Crippen LogP contribution in [-0.2, 0) is 4.84 Å². The number of azide groups is 1. The molecule has 0 aromatic heterocycles. The number of aliphatic hydroxyl groups is 1. The van der Waals surface area contributed by atoms with Crippen LogP contribution in [0.2, 0.25) is 0 Å². The van der Waals surface area contributed by atoms with E-state index >= 15 is 0 Å². The van der Waals surface area contributed by atoms with Crippen LogP contribution in [0.4, 0.5) is 0 Å². The molecule has 0 aromatic carbocycles. The van der Waals surface area contributed by atoms with Gasteiger partial charge in [-0.15, -0.1) is 0 Å². The second-order valence-corrected chi connectivity index (χ2v) is 0.728. The van der Waals surface area contributed by atoms with E-state index < -0.39 is 0 Å². The van der Waals surface area contributed by atoms with E-state index in [1.54, 1.807) is 0 Å². The maximum Gasteiger partial charge on any atom is 0.120 e. The second-order valence-electron chi connectivity index (χ2n) is 0.728. The zero-order chi connectivity index (χ0) is 5.54. The van der Waals surface area contributed by atoms with Gasteiger partial charge in [0, 0.05) is 4.91 Å². The van der Waals surface area contributed by atoms with E-state index in [4.69, 9.17) is 10.6 Å². The quantitative estimate of drug-likeness (QED) is 0.182. The molecule has 0 radical (unpaired) electrons. The summed E-state index contributed by atoms with van der Waals surface area (Å²) in [7, 11) is 0. The topological polar surface area (TPSA) is 78.2 Å². The Balaban J connectivity index is 2.83. The van der Waals surface area contributed by atoms with Crippen LogP contribution >= 0.6 is 0 Å². The third-order valence-electron chi connectivity index (χ3n) is 0.277. The van der Waals surface area contributed by atoms with E-state index in [0.29, 0.717) is 0 Å². The molecule has 0 aliphatic rings. The van der Waals surface area contributed by atoms with Crippen molar-refractivity contribution in [3.8, 4) is 0 Å². The molecule has 0 bridgehead atoms. The van der Waals surface area contributed by atoms with Crippen molar-refractivity contribution in [1.29, 1.82) is 0 Å². The van der Waals surface area contributed by atoms with Gasteiger partial charge in [-0.3, -0.25) is 0 Å². The van der Waals surface area contributed by atoms with Gasteiger partial charge in [0.05, 0.1) is 6.61 Å². The third kappa shape index (κ3) is 5.07. The van der Waals surface area contributed by atoms with Crippen molar-refractivity contribution in [3.63, 3.8) is 0 Å². The molecule has 0 fully saturated rings. The Morgan fingerprint density at radius 1 is 1.86 bits per heavy atom. The minimum absolute atomic E-state index is 0.0596. The summed E-state index contributed by atoms with van der Waals surface area (Å²) in [6, 6.07) is 0. The maximum atomic E-state index is 7.98. The van der Waals surface area contributed by atoms with Gasteiger partial charge >= 0.3 is 0 Å². The van der Waals surface area contributed by atoms with Gasteiger partial charge in [0.1, 0.15) is 11.9 Å². The summed E-state index contributed by atoms with van der Waals surface area (Å²) < 4.78 is 0. The van der Waals surface area contributed by atoms with Gasteiger partial charge < -0.3 is 9.94 Å². The summed E-state index contributed by atoms with van der Waals surface area (Å²) in [5.41, 5.74) is 7.54. The van der Waals surface area contributed by atoms with Gasteiger partial charge in [0.15, 0.2) is 0 Å². The van der Waals surface area contributed by atoms with Crippen LogP contribution in [0.1, 0.15) is 0 Å². The Kier molecular flexibility index (Phi) is 4.40. The Hall–Kier alpha value is -0.930. The molecule has 0 saturated carbocycles. The molecule has 0 unspecified atom stereocenters. The molecule has 0 spiro atoms. The van der Waals surface area contributed by atoms with E-state index in [0.717, 1.165) is 0 Å². The van der Waals surface area contributed by atoms with Crippen LogP contribution in [0, 0.1) is 0 Å². The van der Waals surface area contributed by atoms with Crippen molar-refractivity contribution < 1.29 is 9.94 Å². The number of nitrogens with zero attached hydrogens (tertiary/aromatic N) is 3. The van der Waals surface area contributed by atoms with Crippen LogP contribution < -0.4 is 0 Å². The molecule has 5 nitrogen and oxygen atoms in total. The first kappa shape index (κ1) is 6.07. The highest BCUT2D eigenvalue weighted by atomic mass is 16.6. The molecule has 0 rings (SSSR count). The van der Waals surface area contributed by atoms with Gasteiger partial charge in [-0.2, -0.15) is 0 Å². The highest BCUT2D eigenvalue weighted by Gasteiger charge is 1.72. The fourth-order valence-corrected chi connectivity index (χ4v) is 0.107. The largest absolute Gasteiger partial charge is 0.431 e. The molecule has 7 heavy (non-hydrogen) atoms. The summed E-state index contributed by atoms with van der Waals surface area (Å²) in [5.74, 6) is 0. The SMILES string of the molecule is [N-]=[N+]=NOCCO. The lowest BCUT2D eigenvalue weighted by Gasteiger charge is -1.87. The Morgan fingerprint density at radius 2 is 2.57 bits per heavy atom. The van der Waals surface area contributed by atoms with Crippen LogP contribution in [0.5, 0.6) is 0 Å². The number of hydrogen-bond acceptors (Lipinski definition) is 3. The van der Waals surface area contributed by atoms with Gasteiger partial charge in [-0.1, -0.05) is 0 Å². The first-order valence-electron chi connectivity index (χ1n) is 1.69. The molecular weight excluding hydrogens is 98.0 g/mol. The average Bonchev–Trinajstić information content (AvgIpc) is 1.69. The summed E-state index contributed by atoms with van der Waals surface area (Å²) in [4.78, 5) is 6.36. The number of rotatable bonds is 3. The summed E-state index contributed by atoms with van der Waals surface area (Å²) >= 11 is 0. The molecule has 0 saturated heterocycles. The Bertz CT molecular complexity index is 77.0. The van der Waals surface area contributed by atoms with Gasteiger partial charge in [0.2, 0.25) is 0 Å². The average molecular weight is 103 g/mol. The normalized spacial score (nSPS) is 7.00. The van der Waals surface area contributed by atoms with Crippen molar-refractivity contribution >= 4 is 0 Å². The van der Waals surface area contributed by atoms with Crippen LogP contribution in [-0.4, -0.2) is 18.3 Å². The van der Waals surface area contributed by atoms with Crippen LogP contribution in [0.3, 0.4) is 0 Å². The fraction of sp³-hybridized carbons (Fsp3) is 1.00. The van der Waals surface area contributed by atoms with Crippen molar-refractivity contribution in [2.24, 2.45) is 5.28 Å². The Labute approximate surface area is 40.1 Å². The highest BCUT2D eigenvalue weighted by molar-refractivity contribution is 4.29. The first-order valence-corrected chi connectivity index (χ1v) is 1.69. The van der Waals surface area contributed by atoms with E-state index in [1.807, 2.05) is 0 Å². The van der Waals surface area contributed by atoms with E-state index in [9.17, 15) is 0 Å². The highest BCUT2D eigenvalue weighted by Crippen LogP contribution is 1.71. The molecule has 0 aromatic rings. The molecule has 0 aliphatic carbocycles. The predicted octanol–water partition coefficient (Wildman–Crippen LogP) is 0.221. The smallest absolute Gasteiger partial charge is 0.120 e. The Morgan fingerprint density at radius 3 is 3.00 bits per heavy atom.